The number of alkyl halides is 3. The lowest BCUT2D eigenvalue weighted by atomic mass is 10.1. The Morgan fingerprint density at radius 2 is 1.91 bits per heavy atom. The molecule has 0 aliphatic rings. The minimum absolute atomic E-state index is 0.0417. The molecule has 1 aromatic heterocycles. The molecule has 10 heteroatoms. The molecule has 122 valence electrons. The molecule has 0 bridgehead atoms. The third-order valence-electron chi connectivity index (χ3n) is 2.82. The third-order valence-corrected chi connectivity index (χ3v) is 3.19. The zero-order valence-corrected chi connectivity index (χ0v) is 12.8. The van der Waals surface area contributed by atoms with Gasteiger partial charge >= 0.3 is 6.18 Å². The van der Waals surface area contributed by atoms with Crippen molar-refractivity contribution in [1.29, 1.82) is 0 Å². The summed E-state index contributed by atoms with van der Waals surface area (Å²) >= 11 is 2.87. The maximum absolute atomic E-state index is 12.4. The molecule has 0 radical (unpaired) electrons. The first-order valence-electron chi connectivity index (χ1n) is 6.11. The number of amides is 1. The monoisotopic (exact) mass is 391 g/mol. The zero-order valence-electron chi connectivity index (χ0n) is 11.2. The van der Waals surface area contributed by atoms with Crippen molar-refractivity contribution in [3.8, 4) is 5.75 Å². The number of nitrogens with zero attached hydrogens (tertiary/aromatic N) is 1. The average molecular weight is 392 g/mol. The SMILES string of the molecule is O=C(NCc1ccc(C(F)(F)F)cc1)c1nc(Br)[nH]c(=O)c1O. The highest BCUT2D eigenvalue weighted by molar-refractivity contribution is 9.10. The minimum Gasteiger partial charge on any atom is -0.501 e. The van der Waals surface area contributed by atoms with Crippen LogP contribution in [0.3, 0.4) is 0 Å². The quantitative estimate of drug-likeness (QED) is 0.698. The van der Waals surface area contributed by atoms with E-state index in [0.717, 1.165) is 12.1 Å². The van der Waals surface area contributed by atoms with E-state index in [1.54, 1.807) is 0 Å². The highest BCUT2D eigenvalue weighted by atomic mass is 79.9. The van der Waals surface area contributed by atoms with Crippen LogP contribution in [0.5, 0.6) is 5.75 Å². The number of benzene rings is 1. The van der Waals surface area contributed by atoms with Gasteiger partial charge in [-0.3, -0.25) is 14.6 Å². The lowest BCUT2D eigenvalue weighted by molar-refractivity contribution is -0.137. The van der Waals surface area contributed by atoms with E-state index in [1.165, 1.54) is 12.1 Å². The number of aromatic hydroxyl groups is 1. The number of rotatable bonds is 3. The molecular formula is C13H9BrF3N3O3. The van der Waals surface area contributed by atoms with Gasteiger partial charge in [-0.05, 0) is 33.6 Å². The molecule has 1 amide bonds. The van der Waals surface area contributed by atoms with E-state index in [4.69, 9.17) is 0 Å². The molecule has 0 fully saturated rings. The molecule has 6 nitrogen and oxygen atoms in total. The predicted octanol–water partition coefficient (Wildman–Crippen LogP) is 2.19. The molecule has 0 saturated carbocycles. The van der Waals surface area contributed by atoms with E-state index in [2.05, 4.69) is 31.2 Å². The summed E-state index contributed by atoms with van der Waals surface area (Å²) in [5.41, 5.74) is -1.78. The summed E-state index contributed by atoms with van der Waals surface area (Å²) in [4.78, 5) is 29.0. The third kappa shape index (κ3) is 4.09. The number of hydrogen-bond acceptors (Lipinski definition) is 4. The Morgan fingerprint density at radius 1 is 1.30 bits per heavy atom. The Balaban J connectivity index is 2.09. The van der Waals surface area contributed by atoms with Crippen molar-refractivity contribution in [1.82, 2.24) is 15.3 Å². The fourth-order valence-corrected chi connectivity index (χ4v) is 2.03. The minimum atomic E-state index is -4.44. The first-order valence-corrected chi connectivity index (χ1v) is 6.91. The predicted molar refractivity (Wildman–Crippen MR) is 76.8 cm³/mol. The van der Waals surface area contributed by atoms with E-state index in [9.17, 15) is 27.9 Å². The van der Waals surface area contributed by atoms with Gasteiger partial charge in [0.25, 0.3) is 11.5 Å². The number of halogens is 4. The van der Waals surface area contributed by atoms with Gasteiger partial charge in [-0.15, -0.1) is 0 Å². The van der Waals surface area contributed by atoms with Crippen molar-refractivity contribution in [2.24, 2.45) is 0 Å². The number of aromatic amines is 1. The Hall–Kier alpha value is -2.36. The highest BCUT2D eigenvalue weighted by Gasteiger charge is 2.29. The number of hydrogen-bond donors (Lipinski definition) is 3. The molecule has 2 rings (SSSR count). The van der Waals surface area contributed by atoms with Gasteiger partial charge in [-0.25, -0.2) is 4.98 Å². The van der Waals surface area contributed by atoms with E-state index in [1.807, 2.05) is 0 Å². The molecule has 23 heavy (non-hydrogen) atoms. The second kappa shape index (κ2) is 6.41. The summed E-state index contributed by atoms with van der Waals surface area (Å²) in [6.45, 7) is -0.0947. The molecule has 0 aliphatic heterocycles. The second-order valence-electron chi connectivity index (χ2n) is 4.43. The Morgan fingerprint density at radius 3 is 2.48 bits per heavy atom. The van der Waals surface area contributed by atoms with Crippen LogP contribution in [-0.4, -0.2) is 21.0 Å². The van der Waals surface area contributed by atoms with E-state index in [0.29, 0.717) is 5.56 Å². The number of carbonyl (C=O) groups is 1. The van der Waals surface area contributed by atoms with E-state index in [-0.39, 0.29) is 11.3 Å². The van der Waals surface area contributed by atoms with Crippen molar-refractivity contribution in [3.63, 3.8) is 0 Å². The molecule has 1 heterocycles. The number of H-pyrrole nitrogens is 1. The van der Waals surface area contributed by atoms with Crippen LogP contribution in [0.4, 0.5) is 13.2 Å². The molecule has 1 aromatic carbocycles. The van der Waals surface area contributed by atoms with Crippen LogP contribution >= 0.6 is 15.9 Å². The average Bonchev–Trinajstić information content (AvgIpc) is 2.48. The molecule has 0 aliphatic carbocycles. The van der Waals surface area contributed by atoms with Gasteiger partial charge in [0.05, 0.1) is 5.56 Å². The Kier molecular flexibility index (Phi) is 4.73. The first-order chi connectivity index (χ1) is 10.7. The summed E-state index contributed by atoms with van der Waals surface area (Å²) in [5, 5.41) is 11.9. The van der Waals surface area contributed by atoms with Crippen molar-refractivity contribution < 1.29 is 23.1 Å². The lowest BCUT2D eigenvalue weighted by Gasteiger charge is -2.09. The highest BCUT2D eigenvalue weighted by Crippen LogP contribution is 2.29. The molecule has 3 N–H and O–H groups in total. The number of nitrogens with one attached hydrogen (secondary N) is 2. The van der Waals surface area contributed by atoms with Crippen LogP contribution < -0.4 is 10.9 Å². The summed E-state index contributed by atoms with van der Waals surface area (Å²) < 4.78 is 37.3. The normalized spacial score (nSPS) is 11.3. The molecule has 0 unspecified atom stereocenters. The van der Waals surface area contributed by atoms with Gasteiger partial charge in [0.15, 0.2) is 10.4 Å². The van der Waals surface area contributed by atoms with Gasteiger partial charge in [-0.2, -0.15) is 13.2 Å². The van der Waals surface area contributed by atoms with Crippen LogP contribution in [0.2, 0.25) is 0 Å². The summed E-state index contributed by atoms with van der Waals surface area (Å²) in [6, 6.07) is 4.20. The Labute approximate surface area is 135 Å². The topological polar surface area (TPSA) is 95.1 Å². The summed E-state index contributed by atoms with van der Waals surface area (Å²) in [7, 11) is 0. The van der Waals surface area contributed by atoms with Gasteiger partial charge < -0.3 is 10.4 Å². The molecule has 0 spiro atoms. The van der Waals surface area contributed by atoms with Crippen LogP contribution in [0.25, 0.3) is 0 Å². The smallest absolute Gasteiger partial charge is 0.416 e. The fraction of sp³-hybridized carbons (Fsp3) is 0.154. The number of carbonyl (C=O) groups excluding carboxylic acids is 1. The molecule has 0 saturated heterocycles. The van der Waals surface area contributed by atoms with Crippen LogP contribution in [0, 0.1) is 0 Å². The fourth-order valence-electron chi connectivity index (χ4n) is 1.68. The summed E-state index contributed by atoms with van der Waals surface area (Å²) in [5.74, 6) is -1.69. The van der Waals surface area contributed by atoms with Gasteiger partial charge in [0, 0.05) is 6.54 Å². The maximum Gasteiger partial charge on any atom is 0.416 e. The van der Waals surface area contributed by atoms with Gasteiger partial charge in [0.1, 0.15) is 0 Å². The summed E-state index contributed by atoms with van der Waals surface area (Å²) in [6.07, 6.45) is -4.44. The molecular weight excluding hydrogens is 383 g/mol. The largest absolute Gasteiger partial charge is 0.501 e. The van der Waals surface area contributed by atoms with Crippen LogP contribution in [0.1, 0.15) is 21.6 Å². The van der Waals surface area contributed by atoms with Gasteiger partial charge in [0.2, 0.25) is 5.75 Å². The molecule has 0 atom stereocenters. The zero-order chi connectivity index (χ0) is 17.2. The van der Waals surface area contributed by atoms with E-state index >= 15 is 0 Å². The van der Waals surface area contributed by atoms with Crippen LogP contribution in [0.15, 0.2) is 33.8 Å². The maximum atomic E-state index is 12.4. The van der Waals surface area contributed by atoms with Crippen molar-refractivity contribution >= 4 is 21.8 Å². The van der Waals surface area contributed by atoms with Crippen molar-refractivity contribution in [2.45, 2.75) is 12.7 Å². The number of aromatic nitrogens is 2. The lowest BCUT2D eigenvalue weighted by Crippen LogP contribution is -2.26. The Bertz CT molecular complexity index is 788. The van der Waals surface area contributed by atoms with Crippen LogP contribution in [-0.2, 0) is 12.7 Å². The van der Waals surface area contributed by atoms with Crippen molar-refractivity contribution in [3.05, 3.63) is 56.2 Å². The molecule has 2 aromatic rings. The van der Waals surface area contributed by atoms with Crippen molar-refractivity contribution in [2.75, 3.05) is 0 Å². The van der Waals surface area contributed by atoms with E-state index < -0.39 is 34.6 Å². The van der Waals surface area contributed by atoms with Gasteiger partial charge in [-0.1, -0.05) is 12.1 Å². The second-order valence-corrected chi connectivity index (χ2v) is 5.18. The standard InChI is InChI=1S/C13H9BrF3N3O3/c14-12-19-8(9(21)11(23)20-12)10(22)18-5-6-1-3-7(4-2-6)13(15,16)17/h1-4,21H,5H2,(H,18,22)(H,19,20,23). The first kappa shape index (κ1) is 17.0.